The van der Waals surface area contributed by atoms with E-state index in [9.17, 15) is 9.18 Å². The van der Waals surface area contributed by atoms with Crippen LogP contribution < -0.4 is 5.32 Å². The summed E-state index contributed by atoms with van der Waals surface area (Å²) >= 11 is 1.04. The molecule has 0 atom stereocenters. The number of carbonyl (C=O) groups is 1. The summed E-state index contributed by atoms with van der Waals surface area (Å²) in [7, 11) is 0. The molecular formula is C25H19FN8OS. The molecule has 0 aliphatic carbocycles. The first kappa shape index (κ1) is 22.0. The number of nitrogens with zero attached hydrogens (tertiary/aromatic N) is 5. The zero-order valence-corrected chi connectivity index (χ0v) is 19.9. The summed E-state index contributed by atoms with van der Waals surface area (Å²) in [5, 5.41) is 10.0. The van der Waals surface area contributed by atoms with Crippen molar-refractivity contribution in [3.05, 3.63) is 60.3 Å². The van der Waals surface area contributed by atoms with Gasteiger partial charge < -0.3 is 10.3 Å². The van der Waals surface area contributed by atoms with Gasteiger partial charge in [-0.25, -0.2) is 9.97 Å². The van der Waals surface area contributed by atoms with E-state index in [0.29, 0.717) is 45.9 Å². The molecular weight excluding hydrogens is 479 g/mol. The highest BCUT2D eigenvalue weighted by molar-refractivity contribution is 7.14. The van der Waals surface area contributed by atoms with Crippen LogP contribution in [0.2, 0.25) is 0 Å². The van der Waals surface area contributed by atoms with E-state index in [1.54, 1.807) is 30.9 Å². The molecule has 3 N–H and O–H groups in total. The minimum Gasteiger partial charge on any atom is -0.335 e. The van der Waals surface area contributed by atoms with Crippen molar-refractivity contribution >= 4 is 45.0 Å². The van der Waals surface area contributed by atoms with Crippen LogP contribution in [0.1, 0.15) is 19.8 Å². The van der Waals surface area contributed by atoms with E-state index in [1.807, 2.05) is 25.1 Å². The predicted molar refractivity (Wildman–Crippen MR) is 137 cm³/mol. The quantitative estimate of drug-likeness (QED) is 0.276. The van der Waals surface area contributed by atoms with E-state index < -0.39 is 0 Å². The molecule has 36 heavy (non-hydrogen) atoms. The summed E-state index contributed by atoms with van der Waals surface area (Å²) in [6, 6.07) is 8.74. The van der Waals surface area contributed by atoms with E-state index in [0.717, 1.165) is 39.3 Å². The SMILES string of the molecule is CCCC(=O)Nc1cncc(-c2ccc3[nH]nc(-c4nc5c(-c6ccc(F)s6)cncc5[nH]4)c3n2)c1. The highest BCUT2D eigenvalue weighted by Crippen LogP contribution is 2.34. The first-order valence-electron chi connectivity index (χ1n) is 11.3. The van der Waals surface area contributed by atoms with Crippen LogP contribution in [0.3, 0.4) is 0 Å². The first-order valence-corrected chi connectivity index (χ1v) is 12.1. The third-order valence-corrected chi connectivity index (χ3v) is 6.57. The minimum absolute atomic E-state index is 0.0546. The fraction of sp³-hybridized carbons (Fsp3) is 0.120. The molecule has 6 aromatic heterocycles. The van der Waals surface area contributed by atoms with E-state index in [1.165, 1.54) is 6.07 Å². The molecule has 0 bridgehead atoms. The average molecular weight is 499 g/mol. The highest BCUT2D eigenvalue weighted by atomic mass is 32.1. The van der Waals surface area contributed by atoms with Crippen molar-refractivity contribution in [1.29, 1.82) is 0 Å². The maximum Gasteiger partial charge on any atom is 0.224 e. The van der Waals surface area contributed by atoms with E-state index >= 15 is 0 Å². The van der Waals surface area contributed by atoms with Gasteiger partial charge in [-0.1, -0.05) is 6.92 Å². The van der Waals surface area contributed by atoms with Crippen LogP contribution in [-0.2, 0) is 4.79 Å². The summed E-state index contributed by atoms with van der Waals surface area (Å²) in [6.45, 7) is 1.96. The van der Waals surface area contributed by atoms with Gasteiger partial charge in [0.05, 0.1) is 34.8 Å². The number of anilines is 1. The van der Waals surface area contributed by atoms with Gasteiger partial charge in [-0.15, -0.1) is 11.3 Å². The standard InChI is InChI=1S/C25H19FN8OS/c1-2-3-21(35)29-14-8-13(9-27-10-14)16-4-5-17-23(30-16)24(34-33-17)25-31-18-12-28-11-15(22(18)32-25)19-6-7-20(26)36-19/h4-12H,2-3H2,1H3,(H,29,35)(H,31,32)(H,33,34). The molecule has 0 unspecified atom stereocenters. The molecule has 9 nitrogen and oxygen atoms in total. The molecule has 0 saturated heterocycles. The smallest absolute Gasteiger partial charge is 0.224 e. The number of aromatic nitrogens is 7. The second kappa shape index (κ2) is 8.93. The summed E-state index contributed by atoms with van der Waals surface area (Å²) < 4.78 is 13.6. The zero-order chi connectivity index (χ0) is 24.6. The van der Waals surface area contributed by atoms with Crippen molar-refractivity contribution in [3.8, 4) is 33.2 Å². The van der Waals surface area contributed by atoms with Crippen LogP contribution in [0, 0.1) is 5.13 Å². The van der Waals surface area contributed by atoms with E-state index in [-0.39, 0.29) is 11.0 Å². The van der Waals surface area contributed by atoms with Crippen LogP contribution in [0.5, 0.6) is 0 Å². The van der Waals surface area contributed by atoms with Gasteiger partial charge in [-0.05, 0) is 36.8 Å². The lowest BCUT2D eigenvalue weighted by Gasteiger charge is -2.06. The first-order chi connectivity index (χ1) is 17.6. The van der Waals surface area contributed by atoms with Crippen LogP contribution in [0.15, 0.2) is 55.1 Å². The number of pyridine rings is 3. The highest BCUT2D eigenvalue weighted by Gasteiger charge is 2.18. The Balaban J connectivity index is 1.40. The summed E-state index contributed by atoms with van der Waals surface area (Å²) in [6.07, 6.45) is 7.88. The molecule has 0 spiro atoms. The number of hydrogen-bond acceptors (Lipinski definition) is 7. The maximum atomic E-state index is 13.6. The molecule has 0 aliphatic heterocycles. The number of fused-ring (bicyclic) bond motifs is 2. The number of thiophene rings is 1. The fourth-order valence-electron chi connectivity index (χ4n) is 4.01. The van der Waals surface area contributed by atoms with Crippen molar-refractivity contribution in [2.24, 2.45) is 0 Å². The molecule has 0 saturated carbocycles. The van der Waals surface area contributed by atoms with Gasteiger partial charge >= 0.3 is 0 Å². The second-order valence-electron chi connectivity index (χ2n) is 8.20. The molecule has 6 rings (SSSR count). The van der Waals surface area contributed by atoms with Gasteiger partial charge in [-0.2, -0.15) is 9.49 Å². The lowest BCUT2D eigenvalue weighted by atomic mass is 10.1. The molecule has 0 fully saturated rings. The van der Waals surface area contributed by atoms with Gasteiger partial charge in [0, 0.05) is 34.8 Å². The largest absolute Gasteiger partial charge is 0.335 e. The van der Waals surface area contributed by atoms with Crippen LogP contribution in [0.4, 0.5) is 10.1 Å². The molecule has 0 aliphatic rings. The van der Waals surface area contributed by atoms with Crippen molar-refractivity contribution in [3.63, 3.8) is 0 Å². The monoisotopic (exact) mass is 498 g/mol. The number of carbonyl (C=O) groups excluding carboxylic acids is 1. The van der Waals surface area contributed by atoms with Crippen LogP contribution in [0.25, 0.3) is 55.3 Å². The summed E-state index contributed by atoms with van der Waals surface area (Å²) in [4.78, 5) is 34.1. The van der Waals surface area contributed by atoms with E-state index in [4.69, 9.17) is 9.97 Å². The molecule has 1 amide bonds. The van der Waals surface area contributed by atoms with Crippen LogP contribution in [-0.4, -0.2) is 41.0 Å². The van der Waals surface area contributed by atoms with Gasteiger partial charge in [0.2, 0.25) is 5.91 Å². The third kappa shape index (κ3) is 3.99. The summed E-state index contributed by atoms with van der Waals surface area (Å²) in [5.41, 5.74) is 6.10. The van der Waals surface area contributed by atoms with Gasteiger partial charge in [0.25, 0.3) is 0 Å². The van der Waals surface area contributed by atoms with Gasteiger partial charge in [0.1, 0.15) is 11.0 Å². The number of aromatic amines is 2. The number of rotatable bonds is 6. The molecule has 6 aromatic rings. The Morgan fingerprint density at radius 3 is 2.75 bits per heavy atom. The zero-order valence-electron chi connectivity index (χ0n) is 19.0. The number of halogens is 1. The average Bonchev–Trinajstić information content (AvgIpc) is 3.61. The number of H-pyrrole nitrogens is 2. The molecule has 0 radical (unpaired) electrons. The Bertz CT molecular complexity index is 1740. The molecule has 0 aromatic carbocycles. The van der Waals surface area contributed by atoms with Crippen molar-refractivity contribution < 1.29 is 9.18 Å². The van der Waals surface area contributed by atoms with Crippen molar-refractivity contribution in [1.82, 2.24) is 35.1 Å². The lowest BCUT2D eigenvalue weighted by molar-refractivity contribution is -0.116. The Hall–Kier alpha value is -4.51. The fourth-order valence-corrected chi connectivity index (χ4v) is 4.75. The molecule has 11 heteroatoms. The summed E-state index contributed by atoms with van der Waals surface area (Å²) in [5.74, 6) is 0.465. The normalized spacial score (nSPS) is 11.4. The van der Waals surface area contributed by atoms with Gasteiger partial charge in [0.15, 0.2) is 16.6 Å². The number of nitrogens with one attached hydrogen (secondary N) is 3. The van der Waals surface area contributed by atoms with Crippen LogP contribution >= 0.6 is 11.3 Å². The number of hydrogen-bond donors (Lipinski definition) is 3. The molecule has 178 valence electrons. The third-order valence-electron chi connectivity index (χ3n) is 5.66. The lowest BCUT2D eigenvalue weighted by Crippen LogP contribution is -2.10. The Kier molecular flexibility index (Phi) is 5.45. The number of amides is 1. The topological polar surface area (TPSA) is 125 Å². The van der Waals surface area contributed by atoms with Crippen molar-refractivity contribution in [2.75, 3.05) is 5.32 Å². The van der Waals surface area contributed by atoms with Crippen molar-refractivity contribution in [2.45, 2.75) is 19.8 Å². The Morgan fingerprint density at radius 1 is 1.03 bits per heavy atom. The predicted octanol–water partition coefficient (Wildman–Crippen LogP) is 5.56. The van der Waals surface area contributed by atoms with Gasteiger partial charge in [-0.3, -0.25) is 19.9 Å². The number of imidazole rings is 1. The second-order valence-corrected chi connectivity index (χ2v) is 9.23. The van der Waals surface area contributed by atoms with E-state index in [2.05, 4.69) is 30.5 Å². The minimum atomic E-state index is -0.267. The maximum absolute atomic E-state index is 13.6. The Labute approximate surface area is 207 Å². The Morgan fingerprint density at radius 2 is 1.92 bits per heavy atom. The molecule has 6 heterocycles.